The number of halogens is 3. The molecule has 0 saturated carbocycles. The van der Waals surface area contributed by atoms with Crippen molar-refractivity contribution in [3.63, 3.8) is 0 Å². The van der Waals surface area contributed by atoms with Gasteiger partial charge in [-0.1, -0.05) is 6.07 Å². The first-order valence-corrected chi connectivity index (χ1v) is 10.9. The van der Waals surface area contributed by atoms with Crippen LogP contribution in [0.3, 0.4) is 0 Å². The number of sulfone groups is 1. The van der Waals surface area contributed by atoms with Crippen LogP contribution in [0.25, 0.3) is 5.69 Å². The molecule has 5 N–H and O–H groups in total. The Bertz CT molecular complexity index is 1300. The van der Waals surface area contributed by atoms with Crippen LogP contribution in [0.15, 0.2) is 59.6 Å². The summed E-state index contributed by atoms with van der Waals surface area (Å²) in [6.45, 7) is 0. The third-order valence-electron chi connectivity index (χ3n) is 4.11. The summed E-state index contributed by atoms with van der Waals surface area (Å²) in [4.78, 5) is 12.1. The number of alkyl halides is 3. The number of rotatable bonds is 5. The van der Waals surface area contributed by atoms with Gasteiger partial charge in [-0.3, -0.25) is 10.7 Å². The Morgan fingerprint density at radius 3 is 2.36 bits per heavy atom. The van der Waals surface area contributed by atoms with Crippen molar-refractivity contribution in [2.75, 3.05) is 16.9 Å². The minimum atomic E-state index is -4.93. The lowest BCUT2D eigenvalue weighted by Gasteiger charge is -2.13. The quantitative estimate of drug-likeness (QED) is 0.322. The molecule has 0 fully saturated rings. The highest BCUT2D eigenvalue weighted by atomic mass is 32.2. The predicted octanol–water partition coefficient (Wildman–Crippen LogP) is 3.21. The number of aromatic nitrogens is 2. The second-order valence-corrected chi connectivity index (χ2v) is 8.68. The molecule has 1 aromatic heterocycles. The number of anilines is 2. The van der Waals surface area contributed by atoms with Crippen LogP contribution in [0.2, 0.25) is 0 Å². The average molecular weight is 482 g/mol. The molecule has 0 aliphatic rings. The minimum absolute atomic E-state index is 0.00698. The fourth-order valence-electron chi connectivity index (χ4n) is 2.75. The smallest absolute Gasteiger partial charge is 0.406 e. The Balaban J connectivity index is 1.86. The van der Waals surface area contributed by atoms with E-state index in [1.165, 1.54) is 42.5 Å². The van der Waals surface area contributed by atoms with Crippen molar-refractivity contribution in [3.8, 4) is 11.4 Å². The van der Waals surface area contributed by atoms with E-state index in [-0.39, 0.29) is 22.2 Å². The first kappa shape index (κ1) is 23.6. The summed E-state index contributed by atoms with van der Waals surface area (Å²) in [5.41, 5.74) is 4.27. The number of ether oxygens (including phenoxy) is 1. The topological polar surface area (TPSA) is 152 Å². The molecule has 0 aliphatic heterocycles. The van der Waals surface area contributed by atoms with Gasteiger partial charge in [-0.05, 0) is 42.5 Å². The summed E-state index contributed by atoms with van der Waals surface area (Å²) >= 11 is 0. The van der Waals surface area contributed by atoms with Crippen LogP contribution in [0.4, 0.5) is 29.3 Å². The van der Waals surface area contributed by atoms with Crippen molar-refractivity contribution < 1.29 is 31.1 Å². The normalized spacial score (nSPS) is 11.6. The van der Waals surface area contributed by atoms with Gasteiger partial charge < -0.3 is 15.8 Å². The van der Waals surface area contributed by atoms with Gasteiger partial charge in [0.25, 0.3) is 0 Å². The lowest BCUT2D eigenvalue weighted by Crippen LogP contribution is -2.21. The maximum absolute atomic E-state index is 13.7. The zero-order valence-electron chi connectivity index (χ0n) is 16.8. The highest BCUT2D eigenvalue weighted by Gasteiger charge is 2.40. The molecule has 0 bridgehead atoms. The number of hydrogen-bond acceptors (Lipinski definition) is 6. The molecule has 174 valence electrons. The molecule has 0 spiro atoms. The molecule has 10 nitrogen and oxygen atoms in total. The standard InChI is InChI=1S/C19H17F3N6O4S/c1-33(30,31)14-4-2-3-12(9-14)27-18(29)32-15-10-25-28(16(15)19(20,21)22)13-7-5-11(6-8-13)26-17(23)24/h2-10H,1H3,(H,27,29)(H4,23,24,26). The van der Waals surface area contributed by atoms with E-state index < -0.39 is 33.6 Å². The molecule has 3 aromatic rings. The minimum Gasteiger partial charge on any atom is -0.406 e. The van der Waals surface area contributed by atoms with Gasteiger partial charge in [-0.2, -0.15) is 18.3 Å². The van der Waals surface area contributed by atoms with Gasteiger partial charge in [0, 0.05) is 17.6 Å². The van der Waals surface area contributed by atoms with Crippen molar-refractivity contribution >= 4 is 33.3 Å². The maximum Gasteiger partial charge on any atom is 0.437 e. The summed E-state index contributed by atoms with van der Waals surface area (Å²) in [6, 6.07) is 10.5. The van der Waals surface area contributed by atoms with Gasteiger partial charge in [0.15, 0.2) is 27.2 Å². The summed E-state index contributed by atoms with van der Waals surface area (Å²) < 4.78 is 69.9. The van der Waals surface area contributed by atoms with Crippen LogP contribution in [-0.4, -0.2) is 36.5 Å². The first-order chi connectivity index (χ1) is 15.3. The van der Waals surface area contributed by atoms with Crippen LogP contribution in [0.5, 0.6) is 5.75 Å². The Hall–Kier alpha value is -4.07. The fraction of sp³-hybridized carbons (Fsp3) is 0.105. The van der Waals surface area contributed by atoms with E-state index in [9.17, 15) is 26.4 Å². The van der Waals surface area contributed by atoms with Gasteiger partial charge >= 0.3 is 12.3 Å². The van der Waals surface area contributed by atoms with Crippen molar-refractivity contribution in [2.24, 2.45) is 5.73 Å². The number of nitrogens with zero attached hydrogens (tertiary/aromatic N) is 2. The number of carbonyl (C=O) groups is 1. The zero-order valence-corrected chi connectivity index (χ0v) is 17.7. The number of amides is 1. The summed E-state index contributed by atoms with van der Waals surface area (Å²) in [5, 5.41) is 15.5. The number of guanidine groups is 1. The van der Waals surface area contributed by atoms with Gasteiger partial charge in [0.2, 0.25) is 0 Å². The van der Waals surface area contributed by atoms with Crippen molar-refractivity contribution in [3.05, 3.63) is 60.4 Å². The largest absolute Gasteiger partial charge is 0.437 e. The van der Waals surface area contributed by atoms with Gasteiger partial charge in [-0.25, -0.2) is 17.9 Å². The number of nitrogens with two attached hydrogens (primary N) is 1. The van der Waals surface area contributed by atoms with Crippen LogP contribution in [0, 0.1) is 5.41 Å². The third kappa shape index (κ3) is 5.79. The SMILES string of the molecule is CS(=O)(=O)c1cccc(NC(=O)Oc2cnn(-c3ccc(NC(=N)N)cc3)c2C(F)(F)F)c1. The molecular weight excluding hydrogens is 465 g/mol. The van der Waals surface area contributed by atoms with E-state index in [1.807, 2.05) is 0 Å². The number of hydrogen-bond donors (Lipinski definition) is 4. The van der Waals surface area contributed by atoms with Gasteiger partial charge in [-0.15, -0.1) is 0 Å². The van der Waals surface area contributed by atoms with Gasteiger partial charge in [0.1, 0.15) is 0 Å². The predicted molar refractivity (Wildman–Crippen MR) is 113 cm³/mol. The van der Waals surface area contributed by atoms with E-state index >= 15 is 0 Å². The Labute approximate surface area is 185 Å². The second-order valence-electron chi connectivity index (χ2n) is 6.67. The van der Waals surface area contributed by atoms with Crippen molar-refractivity contribution in [1.29, 1.82) is 5.41 Å². The highest BCUT2D eigenvalue weighted by Crippen LogP contribution is 2.38. The number of carbonyl (C=O) groups excluding carboxylic acids is 1. The fourth-order valence-corrected chi connectivity index (χ4v) is 3.42. The van der Waals surface area contributed by atoms with Crippen LogP contribution in [0.1, 0.15) is 5.69 Å². The molecule has 1 heterocycles. The molecule has 3 rings (SSSR count). The van der Waals surface area contributed by atoms with E-state index in [4.69, 9.17) is 15.9 Å². The van der Waals surface area contributed by atoms with E-state index in [2.05, 4.69) is 15.7 Å². The Morgan fingerprint density at radius 2 is 1.79 bits per heavy atom. The molecule has 0 atom stereocenters. The van der Waals surface area contributed by atoms with Crippen molar-refractivity contribution in [2.45, 2.75) is 11.1 Å². The Kier molecular flexibility index (Phi) is 6.30. The first-order valence-electron chi connectivity index (χ1n) is 9.00. The second kappa shape index (κ2) is 8.82. The molecule has 0 saturated heterocycles. The summed E-state index contributed by atoms with van der Waals surface area (Å²) in [5.74, 6) is -1.20. The lowest BCUT2D eigenvalue weighted by atomic mass is 10.2. The lowest BCUT2D eigenvalue weighted by molar-refractivity contribution is -0.143. The van der Waals surface area contributed by atoms with Crippen LogP contribution >= 0.6 is 0 Å². The average Bonchev–Trinajstić information content (AvgIpc) is 3.11. The Morgan fingerprint density at radius 1 is 1.12 bits per heavy atom. The van der Waals surface area contributed by atoms with Crippen molar-refractivity contribution in [1.82, 2.24) is 9.78 Å². The molecule has 0 aliphatic carbocycles. The van der Waals surface area contributed by atoms with Crippen LogP contribution in [-0.2, 0) is 16.0 Å². The van der Waals surface area contributed by atoms with E-state index in [1.54, 1.807) is 0 Å². The number of nitrogens with one attached hydrogen (secondary N) is 3. The number of benzene rings is 2. The van der Waals surface area contributed by atoms with Crippen LogP contribution < -0.4 is 21.1 Å². The monoisotopic (exact) mass is 482 g/mol. The molecule has 0 radical (unpaired) electrons. The molecular formula is C19H17F3N6O4S. The summed E-state index contributed by atoms with van der Waals surface area (Å²) in [7, 11) is -3.56. The molecule has 14 heteroatoms. The molecule has 0 unspecified atom stereocenters. The highest BCUT2D eigenvalue weighted by molar-refractivity contribution is 7.90. The molecule has 2 aromatic carbocycles. The van der Waals surface area contributed by atoms with E-state index in [0.717, 1.165) is 18.5 Å². The van der Waals surface area contributed by atoms with E-state index in [0.29, 0.717) is 10.4 Å². The zero-order chi connectivity index (χ0) is 24.4. The third-order valence-corrected chi connectivity index (χ3v) is 5.22. The molecule has 1 amide bonds. The maximum atomic E-state index is 13.7. The molecule has 33 heavy (non-hydrogen) atoms. The van der Waals surface area contributed by atoms with Gasteiger partial charge in [0.05, 0.1) is 16.8 Å². The summed E-state index contributed by atoms with van der Waals surface area (Å²) in [6.07, 6.45) is -4.50.